The van der Waals surface area contributed by atoms with E-state index in [2.05, 4.69) is 5.32 Å². The van der Waals surface area contributed by atoms with Gasteiger partial charge in [0.25, 0.3) is 0 Å². The molecule has 1 saturated heterocycles. The Morgan fingerprint density at radius 2 is 1.73 bits per heavy atom. The molecule has 0 bridgehead atoms. The van der Waals surface area contributed by atoms with Crippen molar-refractivity contribution in [2.24, 2.45) is 0 Å². The molecule has 1 heterocycles. The summed E-state index contributed by atoms with van der Waals surface area (Å²) in [6.45, 7) is 0.963. The van der Waals surface area contributed by atoms with Crippen molar-refractivity contribution in [2.75, 3.05) is 6.54 Å². The lowest BCUT2D eigenvalue weighted by molar-refractivity contribution is -0.153. The van der Waals surface area contributed by atoms with E-state index in [1.54, 1.807) is 0 Å². The summed E-state index contributed by atoms with van der Waals surface area (Å²) >= 11 is 0. The minimum absolute atomic E-state index is 0.0124. The number of hydrogen-bond donors (Lipinski definition) is 1. The van der Waals surface area contributed by atoms with Gasteiger partial charge in [-0.2, -0.15) is 0 Å². The zero-order chi connectivity index (χ0) is 10.5. The van der Waals surface area contributed by atoms with Gasteiger partial charge < -0.3 is 10.1 Å². The van der Waals surface area contributed by atoms with Crippen LogP contribution in [0.3, 0.4) is 0 Å². The quantitative estimate of drug-likeness (QED) is 0.710. The molecule has 2 rings (SSSR count). The van der Waals surface area contributed by atoms with Crippen LogP contribution in [0.1, 0.15) is 51.4 Å². The van der Waals surface area contributed by atoms with Gasteiger partial charge in [-0.05, 0) is 45.1 Å². The van der Waals surface area contributed by atoms with Crippen LogP contribution in [0, 0.1) is 0 Å². The summed E-state index contributed by atoms with van der Waals surface area (Å²) < 4.78 is 5.53. The van der Waals surface area contributed by atoms with Gasteiger partial charge in [-0.25, -0.2) is 0 Å². The summed E-state index contributed by atoms with van der Waals surface area (Å²) in [5.74, 6) is -0.0124. The van der Waals surface area contributed by atoms with Crippen molar-refractivity contribution in [1.82, 2.24) is 5.32 Å². The van der Waals surface area contributed by atoms with Crippen molar-refractivity contribution < 1.29 is 9.53 Å². The Bertz CT molecular complexity index is 206. The minimum atomic E-state index is -0.0272. The average Bonchev–Trinajstić information content (AvgIpc) is 2.31. The molecule has 0 unspecified atom stereocenters. The predicted octanol–water partition coefficient (Wildman–Crippen LogP) is 2.00. The molecule has 0 aromatic rings. The average molecular weight is 211 g/mol. The third-order valence-electron chi connectivity index (χ3n) is 3.43. The molecule has 0 spiro atoms. The molecule has 0 aromatic carbocycles. The fraction of sp³-hybridized carbons (Fsp3) is 0.917. The largest absolute Gasteiger partial charge is 0.461 e. The van der Waals surface area contributed by atoms with Crippen LogP contribution in [0.5, 0.6) is 0 Å². The molecular formula is C12H21NO2. The van der Waals surface area contributed by atoms with Crippen molar-refractivity contribution >= 4 is 5.97 Å². The second kappa shape index (κ2) is 5.50. The highest BCUT2D eigenvalue weighted by molar-refractivity contribution is 5.76. The number of hydrogen-bond acceptors (Lipinski definition) is 3. The number of nitrogens with one attached hydrogen (secondary N) is 1. The van der Waals surface area contributed by atoms with Gasteiger partial charge in [-0.1, -0.05) is 12.8 Å². The topological polar surface area (TPSA) is 38.3 Å². The fourth-order valence-corrected chi connectivity index (χ4v) is 2.48. The van der Waals surface area contributed by atoms with Crippen LogP contribution in [0.4, 0.5) is 0 Å². The van der Waals surface area contributed by atoms with Crippen molar-refractivity contribution in [3.05, 3.63) is 0 Å². The smallest absolute Gasteiger partial charge is 0.323 e. The van der Waals surface area contributed by atoms with Gasteiger partial charge in [0.1, 0.15) is 12.1 Å². The number of rotatable bonds is 2. The van der Waals surface area contributed by atoms with Crippen LogP contribution in [-0.2, 0) is 9.53 Å². The lowest BCUT2D eigenvalue weighted by Gasteiger charge is -2.26. The maximum atomic E-state index is 11.8. The molecule has 1 N–H and O–H groups in total. The standard InChI is InChI=1S/C12H21NO2/c14-12(11-8-4-5-9-13-11)15-10-6-2-1-3-7-10/h10-11,13H,1-9H2/t11-/m1/s1. The van der Waals surface area contributed by atoms with E-state index in [4.69, 9.17) is 4.74 Å². The lowest BCUT2D eigenvalue weighted by Crippen LogP contribution is -2.42. The van der Waals surface area contributed by atoms with Crippen LogP contribution in [-0.4, -0.2) is 24.7 Å². The lowest BCUT2D eigenvalue weighted by atomic mass is 9.97. The predicted molar refractivity (Wildman–Crippen MR) is 58.6 cm³/mol. The molecular weight excluding hydrogens is 190 g/mol. The Hall–Kier alpha value is -0.570. The molecule has 86 valence electrons. The van der Waals surface area contributed by atoms with Crippen LogP contribution in [0.2, 0.25) is 0 Å². The van der Waals surface area contributed by atoms with Crippen LogP contribution >= 0.6 is 0 Å². The molecule has 0 aromatic heterocycles. The first-order valence-electron chi connectivity index (χ1n) is 6.30. The maximum Gasteiger partial charge on any atom is 0.323 e. The second-order valence-electron chi connectivity index (χ2n) is 4.70. The van der Waals surface area contributed by atoms with E-state index in [1.165, 1.54) is 25.7 Å². The number of esters is 1. The Kier molecular flexibility index (Phi) is 4.01. The maximum absolute atomic E-state index is 11.8. The Morgan fingerprint density at radius 3 is 2.40 bits per heavy atom. The number of carbonyl (C=O) groups excluding carboxylic acids is 1. The molecule has 15 heavy (non-hydrogen) atoms. The molecule has 1 atom stereocenters. The molecule has 2 aliphatic rings. The van der Waals surface area contributed by atoms with E-state index in [-0.39, 0.29) is 18.1 Å². The first-order chi connectivity index (χ1) is 7.36. The van der Waals surface area contributed by atoms with E-state index < -0.39 is 0 Å². The molecule has 3 heteroatoms. The third kappa shape index (κ3) is 3.20. The first-order valence-corrected chi connectivity index (χ1v) is 6.30. The highest BCUT2D eigenvalue weighted by atomic mass is 16.5. The summed E-state index contributed by atoms with van der Waals surface area (Å²) in [5, 5.41) is 3.23. The fourth-order valence-electron chi connectivity index (χ4n) is 2.48. The van der Waals surface area contributed by atoms with Gasteiger partial charge in [-0.3, -0.25) is 4.79 Å². The monoisotopic (exact) mass is 211 g/mol. The molecule has 3 nitrogen and oxygen atoms in total. The minimum Gasteiger partial charge on any atom is -0.461 e. The number of ether oxygens (including phenoxy) is 1. The SMILES string of the molecule is O=C(OC1CCCCC1)[C@H]1CCCCN1. The normalized spacial score (nSPS) is 28.7. The molecule has 0 radical (unpaired) electrons. The third-order valence-corrected chi connectivity index (χ3v) is 3.43. The number of carbonyl (C=O) groups is 1. The van der Waals surface area contributed by atoms with Crippen LogP contribution in [0.15, 0.2) is 0 Å². The molecule has 1 saturated carbocycles. The van der Waals surface area contributed by atoms with E-state index in [0.29, 0.717) is 0 Å². The van der Waals surface area contributed by atoms with E-state index in [9.17, 15) is 4.79 Å². The summed E-state index contributed by atoms with van der Waals surface area (Å²) in [7, 11) is 0. The number of piperidine rings is 1. The van der Waals surface area contributed by atoms with Crippen molar-refractivity contribution in [3.63, 3.8) is 0 Å². The molecule has 0 amide bonds. The highest BCUT2D eigenvalue weighted by Crippen LogP contribution is 2.21. The van der Waals surface area contributed by atoms with Crippen LogP contribution < -0.4 is 5.32 Å². The van der Waals surface area contributed by atoms with Gasteiger partial charge in [0, 0.05) is 0 Å². The molecule has 2 fully saturated rings. The van der Waals surface area contributed by atoms with Gasteiger partial charge in [0.2, 0.25) is 0 Å². The second-order valence-corrected chi connectivity index (χ2v) is 4.70. The van der Waals surface area contributed by atoms with Crippen LogP contribution in [0.25, 0.3) is 0 Å². The van der Waals surface area contributed by atoms with Crippen molar-refractivity contribution in [1.29, 1.82) is 0 Å². The van der Waals surface area contributed by atoms with Gasteiger partial charge in [0.05, 0.1) is 0 Å². The van der Waals surface area contributed by atoms with E-state index in [0.717, 1.165) is 32.2 Å². The highest BCUT2D eigenvalue weighted by Gasteiger charge is 2.25. The Morgan fingerprint density at radius 1 is 1.00 bits per heavy atom. The van der Waals surface area contributed by atoms with E-state index >= 15 is 0 Å². The Labute approximate surface area is 91.6 Å². The first kappa shape index (κ1) is 10.9. The summed E-state index contributed by atoms with van der Waals surface area (Å²) in [6.07, 6.45) is 9.37. The zero-order valence-corrected chi connectivity index (χ0v) is 9.34. The van der Waals surface area contributed by atoms with Gasteiger partial charge in [-0.15, -0.1) is 0 Å². The van der Waals surface area contributed by atoms with E-state index in [1.807, 2.05) is 0 Å². The summed E-state index contributed by atoms with van der Waals surface area (Å²) in [6, 6.07) is -0.0272. The molecule has 1 aliphatic carbocycles. The molecule has 1 aliphatic heterocycles. The summed E-state index contributed by atoms with van der Waals surface area (Å²) in [4.78, 5) is 11.8. The van der Waals surface area contributed by atoms with Gasteiger partial charge >= 0.3 is 5.97 Å². The van der Waals surface area contributed by atoms with Gasteiger partial charge in [0.15, 0.2) is 0 Å². The summed E-state index contributed by atoms with van der Waals surface area (Å²) in [5.41, 5.74) is 0. The van der Waals surface area contributed by atoms with Crippen molar-refractivity contribution in [3.8, 4) is 0 Å². The Balaban J connectivity index is 1.74. The zero-order valence-electron chi connectivity index (χ0n) is 9.34. The van der Waals surface area contributed by atoms with Crippen molar-refractivity contribution in [2.45, 2.75) is 63.5 Å².